The van der Waals surface area contributed by atoms with Crippen LogP contribution in [0.15, 0.2) is 0 Å². The predicted octanol–water partition coefficient (Wildman–Crippen LogP) is 4.59. The second-order valence-corrected chi connectivity index (χ2v) is 8.14. The summed E-state index contributed by atoms with van der Waals surface area (Å²) in [6, 6.07) is 0.730. The molecule has 1 aliphatic heterocycles. The van der Waals surface area contributed by atoms with Crippen LogP contribution in [0.4, 0.5) is 0 Å². The Balaban J connectivity index is 1.66. The van der Waals surface area contributed by atoms with Gasteiger partial charge in [0, 0.05) is 24.7 Å². The molecule has 0 radical (unpaired) electrons. The molecule has 1 saturated carbocycles. The minimum atomic E-state index is 0.475. The Hall–Kier alpha value is -0.0800. The van der Waals surface area contributed by atoms with E-state index in [-0.39, 0.29) is 0 Å². The van der Waals surface area contributed by atoms with E-state index >= 15 is 0 Å². The van der Waals surface area contributed by atoms with Crippen LogP contribution in [0.25, 0.3) is 0 Å². The van der Waals surface area contributed by atoms with Crippen molar-refractivity contribution in [3.8, 4) is 0 Å². The van der Waals surface area contributed by atoms with Gasteiger partial charge in [-0.15, -0.1) is 0 Å². The van der Waals surface area contributed by atoms with Crippen LogP contribution in [-0.4, -0.2) is 36.1 Å². The molecule has 124 valence electrons. The first-order valence-corrected chi connectivity index (χ1v) is 9.60. The molecule has 2 nitrogen and oxygen atoms in total. The van der Waals surface area contributed by atoms with Gasteiger partial charge in [-0.1, -0.05) is 58.8 Å². The average Bonchev–Trinajstić information content (AvgIpc) is 2.47. The zero-order valence-corrected chi connectivity index (χ0v) is 14.8. The number of unbranched alkanes of at least 4 members (excludes halogenated alkanes) is 3. The summed E-state index contributed by atoms with van der Waals surface area (Å²) < 4.78 is 0. The fourth-order valence-corrected chi connectivity index (χ4v) is 4.18. The molecular weight excluding hydrogens is 256 g/mol. The molecule has 1 N–H and O–H groups in total. The van der Waals surface area contributed by atoms with Gasteiger partial charge in [-0.2, -0.15) is 0 Å². The van der Waals surface area contributed by atoms with E-state index in [1.165, 1.54) is 83.8 Å². The number of piperazine rings is 1. The Morgan fingerprint density at radius 3 is 2.48 bits per heavy atom. The normalized spacial score (nSPS) is 26.6. The standard InChI is InChI=1S/C19H38N2/c1-17(2)11-7-4-5-10-14-21-16-19(20-15-18(21)3)12-8-6-9-13-19/h17-18,20H,4-16H2,1-3H3. The van der Waals surface area contributed by atoms with Crippen LogP contribution >= 0.6 is 0 Å². The van der Waals surface area contributed by atoms with Crippen LogP contribution in [0, 0.1) is 5.92 Å². The van der Waals surface area contributed by atoms with Gasteiger partial charge in [0.25, 0.3) is 0 Å². The largest absolute Gasteiger partial charge is 0.308 e. The van der Waals surface area contributed by atoms with Gasteiger partial charge in [0.1, 0.15) is 0 Å². The SMILES string of the molecule is CC(C)CCCCCCN1CC2(CCCCC2)NCC1C. The Morgan fingerprint density at radius 1 is 1.05 bits per heavy atom. The van der Waals surface area contributed by atoms with Crippen LogP contribution < -0.4 is 5.32 Å². The number of hydrogen-bond donors (Lipinski definition) is 1. The third-order valence-corrected chi connectivity index (χ3v) is 5.69. The number of nitrogens with zero attached hydrogens (tertiary/aromatic N) is 1. The summed E-state index contributed by atoms with van der Waals surface area (Å²) in [5, 5.41) is 3.90. The van der Waals surface area contributed by atoms with Crippen LogP contribution in [0.5, 0.6) is 0 Å². The molecule has 1 heterocycles. The van der Waals surface area contributed by atoms with E-state index < -0.39 is 0 Å². The maximum Gasteiger partial charge on any atom is 0.0309 e. The minimum Gasteiger partial charge on any atom is -0.308 e. The highest BCUT2D eigenvalue weighted by atomic mass is 15.2. The summed E-state index contributed by atoms with van der Waals surface area (Å²) in [5.41, 5.74) is 0.475. The Kier molecular flexibility index (Phi) is 7.01. The molecule has 0 aromatic carbocycles. The molecule has 0 bridgehead atoms. The molecule has 0 aromatic heterocycles. The molecule has 1 saturated heterocycles. The fraction of sp³-hybridized carbons (Fsp3) is 1.00. The molecule has 1 aliphatic carbocycles. The van der Waals surface area contributed by atoms with E-state index in [2.05, 4.69) is 31.0 Å². The van der Waals surface area contributed by atoms with Gasteiger partial charge in [0.15, 0.2) is 0 Å². The molecule has 1 atom stereocenters. The molecule has 1 unspecified atom stereocenters. The lowest BCUT2D eigenvalue weighted by molar-refractivity contribution is 0.0615. The van der Waals surface area contributed by atoms with Crippen LogP contribution in [0.3, 0.4) is 0 Å². The summed E-state index contributed by atoms with van der Waals surface area (Å²) in [6.07, 6.45) is 14.2. The second-order valence-electron chi connectivity index (χ2n) is 8.14. The van der Waals surface area contributed by atoms with E-state index in [1.54, 1.807) is 0 Å². The molecule has 0 aromatic rings. The Bertz CT molecular complexity index is 281. The number of rotatable bonds is 7. The first-order chi connectivity index (χ1) is 10.1. The molecule has 21 heavy (non-hydrogen) atoms. The quantitative estimate of drug-likeness (QED) is 0.691. The topological polar surface area (TPSA) is 15.3 Å². The second kappa shape index (κ2) is 8.53. The zero-order chi connectivity index (χ0) is 15.1. The average molecular weight is 295 g/mol. The van der Waals surface area contributed by atoms with Crippen molar-refractivity contribution in [2.45, 2.75) is 96.6 Å². The Labute approximate surface area is 133 Å². The van der Waals surface area contributed by atoms with Gasteiger partial charge < -0.3 is 5.32 Å². The molecular formula is C19H38N2. The minimum absolute atomic E-state index is 0.475. The van der Waals surface area contributed by atoms with Crippen molar-refractivity contribution in [1.29, 1.82) is 0 Å². The monoisotopic (exact) mass is 294 g/mol. The van der Waals surface area contributed by atoms with Crippen molar-refractivity contribution >= 4 is 0 Å². The number of hydrogen-bond acceptors (Lipinski definition) is 2. The molecule has 2 fully saturated rings. The van der Waals surface area contributed by atoms with Crippen LogP contribution in [0.2, 0.25) is 0 Å². The lowest BCUT2D eigenvalue weighted by Gasteiger charge is -2.49. The summed E-state index contributed by atoms with van der Waals surface area (Å²) in [6.45, 7) is 10.9. The lowest BCUT2D eigenvalue weighted by atomic mass is 9.79. The first-order valence-electron chi connectivity index (χ1n) is 9.60. The van der Waals surface area contributed by atoms with E-state index in [1.807, 2.05) is 0 Å². The van der Waals surface area contributed by atoms with Crippen molar-refractivity contribution in [3.63, 3.8) is 0 Å². The summed E-state index contributed by atoms with van der Waals surface area (Å²) in [7, 11) is 0. The molecule has 2 rings (SSSR count). The van der Waals surface area contributed by atoms with Crippen molar-refractivity contribution < 1.29 is 0 Å². The highest BCUT2D eigenvalue weighted by Gasteiger charge is 2.38. The van der Waals surface area contributed by atoms with Gasteiger partial charge in [0.2, 0.25) is 0 Å². The predicted molar refractivity (Wildman–Crippen MR) is 92.8 cm³/mol. The lowest BCUT2D eigenvalue weighted by Crippen LogP contribution is -2.64. The van der Waals surface area contributed by atoms with Gasteiger partial charge in [-0.25, -0.2) is 0 Å². The Morgan fingerprint density at radius 2 is 1.76 bits per heavy atom. The molecule has 0 amide bonds. The maximum atomic E-state index is 3.90. The smallest absolute Gasteiger partial charge is 0.0309 e. The van der Waals surface area contributed by atoms with E-state index in [4.69, 9.17) is 0 Å². The van der Waals surface area contributed by atoms with Crippen LogP contribution in [0.1, 0.15) is 85.0 Å². The summed E-state index contributed by atoms with van der Waals surface area (Å²) in [5.74, 6) is 0.879. The van der Waals surface area contributed by atoms with Crippen molar-refractivity contribution in [1.82, 2.24) is 10.2 Å². The molecule has 2 heteroatoms. The van der Waals surface area contributed by atoms with Gasteiger partial charge in [-0.05, 0) is 38.6 Å². The first kappa shape index (κ1) is 17.3. The van der Waals surface area contributed by atoms with Crippen LogP contribution in [-0.2, 0) is 0 Å². The van der Waals surface area contributed by atoms with Crippen molar-refractivity contribution in [2.75, 3.05) is 19.6 Å². The van der Waals surface area contributed by atoms with Gasteiger partial charge in [0.05, 0.1) is 0 Å². The number of nitrogens with one attached hydrogen (secondary N) is 1. The highest BCUT2D eigenvalue weighted by Crippen LogP contribution is 2.31. The molecule has 1 spiro atoms. The third-order valence-electron chi connectivity index (χ3n) is 5.69. The summed E-state index contributed by atoms with van der Waals surface area (Å²) >= 11 is 0. The van der Waals surface area contributed by atoms with Gasteiger partial charge >= 0.3 is 0 Å². The van der Waals surface area contributed by atoms with Crippen molar-refractivity contribution in [2.24, 2.45) is 5.92 Å². The zero-order valence-electron chi connectivity index (χ0n) is 14.8. The van der Waals surface area contributed by atoms with Crippen molar-refractivity contribution in [3.05, 3.63) is 0 Å². The van der Waals surface area contributed by atoms with Gasteiger partial charge in [-0.3, -0.25) is 4.90 Å². The highest BCUT2D eigenvalue weighted by molar-refractivity contribution is 4.98. The third kappa shape index (κ3) is 5.56. The maximum absolute atomic E-state index is 3.90. The van der Waals surface area contributed by atoms with E-state index in [9.17, 15) is 0 Å². The fourth-order valence-electron chi connectivity index (χ4n) is 4.18. The van der Waals surface area contributed by atoms with E-state index in [0.717, 1.165) is 12.0 Å². The van der Waals surface area contributed by atoms with E-state index in [0.29, 0.717) is 5.54 Å². The summed E-state index contributed by atoms with van der Waals surface area (Å²) in [4.78, 5) is 2.78. The molecule has 2 aliphatic rings.